The summed E-state index contributed by atoms with van der Waals surface area (Å²) in [6.45, 7) is 4.82. The van der Waals surface area contributed by atoms with Crippen molar-refractivity contribution in [3.8, 4) is 0 Å². The molecule has 64 valence electrons. The molecule has 1 aliphatic carbocycles. The number of hydrogen-bond donors (Lipinski definition) is 0. The van der Waals surface area contributed by atoms with Crippen LogP contribution in [0.5, 0.6) is 0 Å². The Morgan fingerprint density at radius 2 is 2.27 bits per heavy atom. The van der Waals surface area contributed by atoms with Gasteiger partial charge in [0.1, 0.15) is 5.78 Å². The van der Waals surface area contributed by atoms with E-state index in [-0.39, 0.29) is 12.0 Å². The molecular weight excluding hydrogens is 140 g/mol. The molecule has 0 heterocycles. The third-order valence-electron chi connectivity index (χ3n) is 2.25. The molecule has 1 rings (SSSR count). The third-order valence-corrected chi connectivity index (χ3v) is 2.25. The minimum Gasteiger partial charge on any atom is -0.377 e. The molecule has 1 aliphatic rings. The van der Waals surface area contributed by atoms with Gasteiger partial charge in [-0.2, -0.15) is 0 Å². The average Bonchev–Trinajstić information content (AvgIpc) is 2.00. The van der Waals surface area contributed by atoms with E-state index in [1.54, 1.807) is 0 Å². The fourth-order valence-corrected chi connectivity index (χ4v) is 1.59. The van der Waals surface area contributed by atoms with Gasteiger partial charge in [-0.25, -0.2) is 0 Å². The average molecular weight is 156 g/mol. The summed E-state index contributed by atoms with van der Waals surface area (Å²) in [6.07, 6.45) is 2.98. The number of hydrogen-bond acceptors (Lipinski definition) is 2. The fourth-order valence-electron chi connectivity index (χ4n) is 1.59. The van der Waals surface area contributed by atoms with Crippen molar-refractivity contribution in [3.63, 3.8) is 0 Å². The molecule has 0 N–H and O–H groups in total. The Morgan fingerprint density at radius 3 is 2.73 bits per heavy atom. The summed E-state index contributed by atoms with van der Waals surface area (Å²) in [4.78, 5) is 11.0. The topological polar surface area (TPSA) is 26.3 Å². The van der Waals surface area contributed by atoms with Crippen molar-refractivity contribution in [2.45, 2.75) is 39.2 Å². The Balaban J connectivity index is 2.29. The molecule has 0 aromatic rings. The van der Waals surface area contributed by atoms with E-state index in [1.165, 1.54) is 0 Å². The van der Waals surface area contributed by atoms with Crippen LogP contribution in [-0.4, -0.2) is 18.5 Å². The Labute approximate surface area is 67.9 Å². The molecule has 0 radical (unpaired) electrons. The van der Waals surface area contributed by atoms with Crippen LogP contribution in [0.3, 0.4) is 0 Å². The van der Waals surface area contributed by atoms with Gasteiger partial charge in [0.05, 0.1) is 6.10 Å². The number of rotatable bonds is 4. The van der Waals surface area contributed by atoms with Gasteiger partial charge in [0.2, 0.25) is 0 Å². The molecule has 0 aliphatic heterocycles. The van der Waals surface area contributed by atoms with Crippen LogP contribution >= 0.6 is 0 Å². The normalized spacial score (nSPS) is 30.2. The molecule has 2 atom stereocenters. The van der Waals surface area contributed by atoms with Gasteiger partial charge in [-0.15, -0.1) is 0 Å². The lowest BCUT2D eigenvalue weighted by molar-refractivity contribution is -0.145. The SMILES string of the molecule is CCC[C@H]1C(=O)C[C@@H]1OCC. The summed E-state index contributed by atoms with van der Waals surface area (Å²) in [6, 6.07) is 0. The number of carbonyl (C=O) groups is 1. The molecule has 2 nitrogen and oxygen atoms in total. The highest BCUT2D eigenvalue weighted by atomic mass is 16.5. The Morgan fingerprint density at radius 1 is 1.55 bits per heavy atom. The van der Waals surface area contributed by atoms with Crippen molar-refractivity contribution in [1.82, 2.24) is 0 Å². The van der Waals surface area contributed by atoms with Crippen molar-refractivity contribution in [1.29, 1.82) is 0 Å². The van der Waals surface area contributed by atoms with E-state index < -0.39 is 0 Å². The van der Waals surface area contributed by atoms with Gasteiger partial charge in [-0.3, -0.25) is 4.79 Å². The van der Waals surface area contributed by atoms with Crippen LogP contribution in [-0.2, 0) is 9.53 Å². The molecule has 0 spiro atoms. The maximum absolute atomic E-state index is 11.0. The Hall–Kier alpha value is -0.370. The highest BCUT2D eigenvalue weighted by molar-refractivity contribution is 5.88. The van der Waals surface area contributed by atoms with E-state index in [2.05, 4.69) is 6.92 Å². The predicted octanol–water partition coefficient (Wildman–Crippen LogP) is 1.78. The molecule has 2 heteroatoms. The molecule has 0 bridgehead atoms. The third kappa shape index (κ3) is 1.80. The molecule has 0 saturated heterocycles. The first-order valence-electron chi connectivity index (χ1n) is 4.43. The summed E-state index contributed by atoms with van der Waals surface area (Å²) in [7, 11) is 0. The lowest BCUT2D eigenvalue weighted by Gasteiger charge is -2.34. The Kier molecular flexibility index (Phi) is 3.06. The zero-order valence-electron chi connectivity index (χ0n) is 7.30. The van der Waals surface area contributed by atoms with Crippen molar-refractivity contribution in [3.05, 3.63) is 0 Å². The molecule has 0 amide bonds. The summed E-state index contributed by atoms with van der Waals surface area (Å²) < 4.78 is 5.39. The first-order chi connectivity index (χ1) is 5.29. The lowest BCUT2D eigenvalue weighted by Crippen LogP contribution is -2.43. The molecular formula is C9H16O2. The van der Waals surface area contributed by atoms with E-state index >= 15 is 0 Å². The highest BCUT2D eigenvalue weighted by Crippen LogP contribution is 2.30. The molecule has 0 aromatic heterocycles. The van der Waals surface area contributed by atoms with E-state index in [4.69, 9.17) is 4.74 Å². The molecule has 1 saturated carbocycles. The van der Waals surface area contributed by atoms with Crippen LogP contribution in [0.2, 0.25) is 0 Å². The van der Waals surface area contributed by atoms with Crippen LogP contribution in [0.25, 0.3) is 0 Å². The second kappa shape index (κ2) is 3.86. The van der Waals surface area contributed by atoms with Crippen LogP contribution in [0, 0.1) is 5.92 Å². The summed E-state index contributed by atoms with van der Waals surface area (Å²) in [5, 5.41) is 0. The predicted molar refractivity (Wildman–Crippen MR) is 43.4 cm³/mol. The van der Waals surface area contributed by atoms with Gasteiger partial charge in [0, 0.05) is 18.9 Å². The Bertz CT molecular complexity index is 142. The smallest absolute Gasteiger partial charge is 0.141 e. The molecule has 1 fully saturated rings. The van der Waals surface area contributed by atoms with Crippen LogP contribution in [0.1, 0.15) is 33.1 Å². The number of ketones is 1. The second-order valence-corrected chi connectivity index (χ2v) is 3.06. The lowest BCUT2D eigenvalue weighted by atomic mass is 9.77. The maximum Gasteiger partial charge on any atom is 0.141 e. The van der Waals surface area contributed by atoms with E-state index in [0.29, 0.717) is 12.2 Å². The minimum absolute atomic E-state index is 0.222. The quantitative estimate of drug-likeness (QED) is 0.620. The van der Waals surface area contributed by atoms with Crippen molar-refractivity contribution in [2.75, 3.05) is 6.61 Å². The molecule has 0 unspecified atom stereocenters. The fraction of sp³-hybridized carbons (Fsp3) is 0.889. The molecule has 0 aromatic carbocycles. The molecule has 11 heavy (non-hydrogen) atoms. The van der Waals surface area contributed by atoms with E-state index in [9.17, 15) is 4.79 Å². The van der Waals surface area contributed by atoms with Crippen LogP contribution < -0.4 is 0 Å². The summed E-state index contributed by atoms with van der Waals surface area (Å²) in [5.41, 5.74) is 0. The first-order valence-corrected chi connectivity index (χ1v) is 4.43. The largest absolute Gasteiger partial charge is 0.377 e. The van der Waals surface area contributed by atoms with Crippen molar-refractivity contribution >= 4 is 5.78 Å². The van der Waals surface area contributed by atoms with E-state index in [1.807, 2.05) is 6.92 Å². The minimum atomic E-state index is 0.222. The standard InChI is InChI=1S/C9H16O2/c1-3-5-7-8(10)6-9(7)11-4-2/h7,9H,3-6H2,1-2H3/t7-,9-/m0/s1. The highest BCUT2D eigenvalue weighted by Gasteiger charge is 2.39. The monoisotopic (exact) mass is 156 g/mol. The second-order valence-electron chi connectivity index (χ2n) is 3.06. The number of carbonyl (C=O) groups excluding carboxylic acids is 1. The van der Waals surface area contributed by atoms with Crippen LogP contribution in [0.15, 0.2) is 0 Å². The maximum atomic E-state index is 11.0. The zero-order chi connectivity index (χ0) is 8.27. The number of ether oxygens (including phenoxy) is 1. The van der Waals surface area contributed by atoms with Gasteiger partial charge < -0.3 is 4.74 Å². The van der Waals surface area contributed by atoms with Gasteiger partial charge in [-0.05, 0) is 13.3 Å². The number of Topliss-reactive ketones (excluding diaryl/α,β-unsaturated/α-hetero) is 1. The van der Waals surface area contributed by atoms with Crippen molar-refractivity contribution in [2.24, 2.45) is 5.92 Å². The van der Waals surface area contributed by atoms with Crippen LogP contribution in [0.4, 0.5) is 0 Å². The van der Waals surface area contributed by atoms with Gasteiger partial charge in [-0.1, -0.05) is 13.3 Å². The summed E-state index contributed by atoms with van der Waals surface area (Å²) in [5.74, 6) is 0.616. The van der Waals surface area contributed by atoms with Gasteiger partial charge in [0.15, 0.2) is 0 Å². The zero-order valence-corrected chi connectivity index (χ0v) is 7.30. The van der Waals surface area contributed by atoms with E-state index in [0.717, 1.165) is 19.4 Å². The van der Waals surface area contributed by atoms with Gasteiger partial charge >= 0.3 is 0 Å². The van der Waals surface area contributed by atoms with Gasteiger partial charge in [0.25, 0.3) is 0 Å². The first kappa shape index (κ1) is 8.72. The summed E-state index contributed by atoms with van der Waals surface area (Å²) >= 11 is 0. The van der Waals surface area contributed by atoms with Crippen molar-refractivity contribution < 1.29 is 9.53 Å².